The van der Waals surface area contributed by atoms with E-state index in [9.17, 15) is 4.79 Å². The number of carbonyl (C=O) groups is 1. The molecule has 1 aliphatic carbocycles. The molecule has 2 heterocycles. The van der Waals surface area contributed by atoms with E-state index in [0.717, 1.165) is 18.4 Å². The van der Waals surface area contributed by atoms with E-state index >= 15 is 0 Å². The average molecular weight is 322 g/mol. The quantitative estimate of drug-likeness (QED) is 0.808. The molecule has 108 valence electrons. The van der Waals surface area contributed by atoms with Crippen LogP contribution < -0.4 is 0 Å². The van der Waals surface area contributed by atoms with Gasteiger partial charge in [0, 0.05) is 31.2 Å². The molecule has 1 fully saturated rings. The van der Waals surface area contributed by atoms with Gasteiger partial charge in [0.15, 0.2) is 0 Å². The summed E-state index contributed by atoms with van der Waals surface area (Å²) < 4.78 is 0. The summed E-state index contributed by atoms with van der Waals surface area (Å²) in [5.41, 5.74) is 1.52. The van der Waals surface area contributed by atoms with Crippen molar-refractivity contribution in [3.8, 4) is 0 Å². The summed E-state index contributed by atoms with van der Waals surface area (Å²) in [7, 11) is 0. The number of hydrogen-bond acceptors (Lipinski definition) is 3. The lowest BCUT2D eigenvalue weighted by molar-refractivity contribution is 0.0729. The van der Waals surface area contributed by atoms with Crippen LogP contribution in [-0.2, 0) is 6.54 Å². The van der Waals surface area contributed by atoms with Gasteiger partial charge < -0.3 is 4.90 Å². The number of pyridine rings is 2. The number of amides is 1. The Kier molecular flexibility index (Phi) is 4.08. The molecule has 21 heavy (non-hydrogen) atoms. The molecule has 0 aliphatic heterocycles. The van der Waals surface area contributed by atoms with Gasteiger partial charge in [-0.05, 0) is 36.6 Å². The molecule has 1 aliphatic rings. The van der Waals surface area contributed by atoms with Crippen molar-refractivity contribution >= 4 is 29.1 Å². The van der Waals surface area contributed by atoms with Crippen molar-refractivity contribution in [2.45, 2.75) is 25.4 Å². The lowest BCUT2D eigenvalue weighted by Crippen LogP contribution is -2.32. The Labute approximate surface area is 132 Å². The van der Waals surface area contributed by atoms with Crippen LogP contribution in [0.4, 0.5) is 0 Å². The summed E-state index contributed by atoms with van der Waals surface area (Å²) in [5, 5.41) is 0.502. The van der Waals surface area contributed by atoms with Crippen LogP contribution in [0.2, 0.25) is 10.2 Å². The second-order valence-electron chi connectivity index (χ2n) is 5.02. The van der Waals surface area contributed by atoms with Gasteiger partial charge in [0.05, 0.1) is 10.6 Å². The molecule has 1 amide bonds. The van der Waals surface area contributed by atoms with Crippen LogP contribution in [-0.4, -0.2) is 26.8 Å². The lowest BCUT2D eigenvalue weighted by Gasteiger charge is -2.22. The molecule has 0 atom stereocenters. The Balaban J connectivity index is 1.83. The predicted molar refractivity (Wildman–Crippen MR) is 81.4 cm³/mol. The topological polar surface area (TPSA) is 46.1 Å². The second kappa shape index (κ2) is 6.00. The van der Waals surface area contributed by atoms with Gasteiger partial charge in [-0.25, -0.2) is 4.98 Å². The average Bonchev–Trinajstić information content (AvgIpc) is 3.33. The zero-order valence-corrected chi connectivity index (χ0v) is 12.7. The molecule has 0 bridgehead atoms. The van der Waals surface area contributed by atoms with Crippen molar-refractivity contribution in [2.24, 2.45) is 0 Å². The fourth-order valence-corrected chi connectivity index (χ4v) is 2.41. The van der Waals surface area contributed by atoms with Crippen LogP contribution in [0, 0.1) is 0 Å². The second-order valence-corrected chi connectivity index (χ2v) is 5.78. The number of carbonyl (C=O) groups excluding carboxylic acids is 1. The Morgan fingerprint density at radius 1 is 1.29 bits per heavy atom. The summed E-state index contributed by atoms with van der Waals surface area (Å²) >= 11 is 11.7. The zero-order chi connectivity index (χ0) is 14.8. The van der Waals surface area contributed by atoms with Gasteiger partial charge in [0.1, 0.15) is 5.15 Å². The van der Waals surface area contributed by atoms with Gasteiger partial charge in [0.25, 0.3) is 5.91 Å². The minimum atomic E-state index is -0.0691. The van der Waals surface area contributed by atoms with Crippen LogP contribution in [0.15, 0.2) is 36.8 Å². The monoisotopic (exact) mass is 321 g/mol. The highest BCUT2D eigenvalue weighted by Gasteiger charge is 2.33. The molecule has 0 aromatic carbocycles. The maximum atomic E-state index is 12.7. The van der Waals surface area contributed by atoms with Crippen LogP contribution in [0.5, 0.6) is 0 Å². The van der Waals surface area contributed by atoms with Crippen molar-refractivity contribution in [2.75, 3.05) is 0 Å². The third kappa shape index (κ3) is 3.34. The highest BCUT2D eigenvalue weighted by molar-refractivity contribution is 6.41. The van der Waals surface area contributed by atoms with E-state index in [1.165, 1.54) is 6.20 Å². The van der Waals surface area contributed by atoms with Gasteiger partial charge in [-0.15, -0.1) is 0 Å². The Morgan fingerprint density at radius 2 is 2.00 bits per heavy atom. The van der Waals surface area contributed by atoms with Crippen molar-refractivity contribution in [3.05, 3.63) is 58.1 Å². The molecular weight excluding hydrogens is 309 g/mol. The maximum absolute atomic E-state index is 12.7. The number of rotatable bonds is 4. The van der Waals surface area contributed by atoms with Crippen LogP contribution >= 0.6 is 23.2 Å². The van der Waals surface area contributed by atoms with E-state index < -0.39 is 0 Å². The molecule has 2 aromatic heterocycles. The van der Waals surface area contributed by atoms with Crippen molar-refractivity contribution in [1.29, 1.82) is 0 Å². The minimum Gasteiger partial charge on any atom is -0.331 e. The molecule has 0 unspecified atom stereocenters. The smallest absolute Gasteiger partial charge is 0.256 e. The first-order valence-corrected chi connectivity index (χ1v) is 7.41. The molecule has 0 N–H and O–H groups in total. The summed E-state index contributed by atoms with van der Waals surface area (Å²) in [6.07, 6.45) is 6.99. The summed E-state index contributed by atoms with van der Waals surface area (Å²) in [6, 6.07) is 5.69. The standard InChI is InChI=1S/C15H13Cl2N3O/c16-13-7-11(8-19-14(13)17)15(21)20(12-1-2-12)9-10-3-5-18-6-4-10/h3-8,12H,1-2,9H2. The minimum absolute atomic E-state index is 0.0691. The first-order chi connectivity index (χ1) is 10.1. The maximum Gasteiger partial charge on any atom is 0.256 e. The van der Waals surface area contributed by atoms with Crippen LogP contribution in [0.25, 0.3) is 0 Å². The van der Waals surface area contributed by atoms with E-state index in [1.54, 1.807) is 18.5 Å². The number of aromatic nitrogens is 2. The third-order valence-corrected chi connectivity index (χ3v) is 4.08. The van der Waals surface area contributed by atoms with Gasteiger partial charge in [-0.3, -0.25) is 9.78 Å². The van der Waals surface area contributed by atoms with Gasteiger partial charge in [0.2, 0.25) is 0 Å². The molecule has 2 aromatic rings. The first-order valence-electron chi connectivity index (χ1n) is 6.66. The van der Waals surface area contributed by atoms with Crippen LogP contribution in [0.1, 0.15) is 28.8 Å². The molecule has 3 rings (SSSR count). The van der Waals surface area contributed by atoms with Crippen molar-refractivity contribution in [3.63, 3.8) is 0 Å². The summed E-state index contributed by atoms with van der Waals surface area (Å²) in [5.74, 6) is -0.0691. The Bertz CT molecular complexity index is 659. The van der Waals surface area contributed by atoms with Crippen molar-refractivity contribution in [1.82, 2.24) is 14.9 Å². The molecule has 4 nitrogen and oxygen atoms in total. The largest absolute Gasteiger partial charge is 0.331 e. The number of nitrogens with zero attached hydrogens (tertiary/aromatic N) is 3. The fraction of sp³-hybridized carbons (Fsp3) is 0.267. The third-order valence-electron chi connectivity index (χ3n) is 3.39. The summed E-state index contributed by atoms with van der Waals surface area (Å²) in [4.78, 5) is 22.5. The summed E-state index contributed by atoms with van der Waals surface area (Å²) in [6.45, 7) is 0.562. The van der Waals surface area contributed by atoms with Crippen LogP contribution in [0.3, 0.4) is 0 Å². The zero-order valence-electron chi connectivity index (χ0n) is 11.2. The molecule has 1 saturated carbocycles. The Hall–Kier alpha value is -1.65. The SMILES string of the molecule is O=C(c1cnc(Cl)c(Cl)c1)N(Cc1ccncc1)C1CC1. The highest BCUT2D eigenvalue weighted by atomic mass is 35.5. The van der Waals surface area contributed by atoms with E-state index in [-0.39, 0.29) is 11.1 Å². The fourth-order valence-electron chi connectivity index (χ4n) is 2.14. The highest BCUT2D eigenvalue weighted by Crippen LogP contribution is 2.30. The first kappa shape index (κ1) is 14.3. The molecular formula is C15H13Cl2N3O. The Morgan fingerprint density at radius 3 is 2.62 bits per heavy atom. The van der Waals surface area contributed by atoms with E-state index in [2.05, 4.69) is 9.97 Å². The molecule has 0 radical (unpaired) electrons. The van der Waals surface area contributed by atoms with E-state index in [4.69, 9.17) is 23.2 Å². The lowest BCUT2D eigenvalue weighted by atomic mass is 10.2. The van der Waals surface area contributed by atoms with Gasteiger partial charge >= 0.3 is 0 Å². The van der Waals surface area contributed by atoms with Gasteiger partial charge in [-0.2, -0.15) is 0 Å². The van der Waals surface area contributed by atoms with Crippen molar-refractivity contribution < 1.29 is 4.79 Å². The van der Waals surface area contributed by atoms with E-state index in [1.807, 2.05) is 17.0 Å². The number of hydrogen-bond donors (Lipinski definition) is 0. The van der Waals surface area contributed by atoms with Gasteiger partial charge in [-0.1, -0.05) is 23.2 Å². The number of halogens is 2. The molecule has 0 saturated heterocycles. The van der Waals surface area contributed by atoms with E-state index in [0.29, 0.717) is 23.2 Å². The normalized spacial score (nSPS) is 14.0. The molecule has 6 heteroatoms. The molecule has 0 spiro atoms. The predicted octanol–water partition coefficient (Wildman–Crippen LogP) is 3.59.